The minimum Gasteiger partial charge on any atom is -0.393 e. The van der Waals surface area contributed by atoms with Gasteiger partial charge in [-0.25, -0.2) is 4.99 Å². The van der Waals surface area contributed by atoms with E-state index >= 15 is 0 Å². The highest BCUT2D eigenvalue weighted by Crippen LogP contribution is 2.17. The summed E-state index contributed by atoms with van der Waals surface area (Å²) in [5.41, 5.74) is 0. The maximum Gasteiger partial charge on any atom is 0.191 e. The highest BCUT2D eigenvalue weighted by atomic mass is 16.3. The lowest BCUT2D eigenvalue weighted by Gasteiger charge is -2.27. The molecular formula is C12H23N3O. The minimum atomic E-state index is -0.106. The van der Waals surface area contributed by atoms with Crippen LogP contribution in [-0.2, 0) is 0 Å². The van der Waals surface area contributed by atoms with Crippen molar-refractivity contribution >= 4 is 5.96 Å². The molecule has 0 aromatic rings. The molecule has 0 radical (unpaired) electrons. The van der Waals surface area contributed by atoms with Gasteiger partial charge in [-0.1, -0.05) is 6.08 Å². The second-order valence-corrected chi connectivity index (χ2v) is 4.16. The first kappa shape index (κ1) is 13.0. The van der Waals surface area contributed by atoms with E-state index in [1.54, 1.807) is 6.08 Å². The summed E-state index contributed by atoms with van der Waals surface area (Å²) in [6.45, 7) is 7.19. The molecule has 0 spiro atoms. The van der Waals surface area contributed by atoms with Crippen LogP contribution in [0.25, 0.3) is 0 Å². The van der Waals surface area contributed by atoms with Crippen molar-refractivity contribution < 1.29 is 5.11 Å². The Hall–Kier alpha value is -1.03. The van der Waals surface area contributed by atoms with E-state index in [0.29, 0.717) is 12.6 Å². The van der Waals surface area contributed by atoms with Gasteiger partial charge in [-0.15, -0.1) is 6.58 Å². The molecule has 1 aliphatic rings. The fourth-order valence-electron chi connectivity index (χ4n) is 1.89. The van der Waals surface area contributed by atoms with E-state index in [2.05, 4.69) is 29.1 Å². The second-order valence-electron chi connectivity index (χ2n) is 4.16. The van der Waals surface area contributed by atoms with Gasteiger partial charge < -0.3 is 15.7 Å². The number of aliphatic hydroxyl groups excluding tert-OH is 1. The molecule has 1 rings (SSSR count). The van der Waals surface area contributed by atoms with Crippen LogP contribution < -0.4 is 10.6 Å². The summed E-state index contributed by atoms with van der Waals surface area (Å²) in [6, 6.07) is 0.436. The molecule has 0 aromatic heterocycles. The fourth-order valence-corrected chi connectivity index (χ4v) is 1.89. The van der Waals surface area contributed by atoms with Crippen LogP contribution in [0.4, 0.5) is 0 Å². The first-order chi connectivity index (χ1) is 7.76. The molecule has 1 fully saturated rings. The summed E-state index contributed by atoms with van der Waals surface area (Å²) in [4.78, 5) is 4.36. The molecule has 92 valence electrons. The zero-order valence-electron chi connectivity index (χ0n) is 10.1. The Bertz CT molecular complexity index is 232. The third-order valence-corrected chi connectivity index (χ3v) is 2.76. The van der Waals surface area contributed by atoms with Crippen LogP contribution in [-0.4, -0.2) is 36.3 Å². The van der Waals surface area contributed by atoms with Gasteiger partial charge in [0, 0.05) is 12.6 Å². The van der Waals surface area contributed by atoms with Crippen LogP contribution >= 0.6 is 0 Å². The average Bonchev–Trinajstić information content (AvgIpc) is 2.29. The van der Waals surface area contributed by atoms with Crippen molar-refractivity contribution in [3.05, 3.63) is 12.7 Å². The highest BCUT2D eigenvalue weighted by molar-refractivity contribution is 5.80. The van der Waals surface area contributed by atoms with E-state index in [0.717, 1.165) is 38.2 Å². The topological polar surface area (TPSA) is 56.7 Å². The van der Waals surface area contributed by atoms with Gasteiger partial charge in [0.1, 0.15) is 0 Å². The second kappa shape index (κ2) is 7.28. The van der Waals surface area contributed by atoms with E-state index in [4.69, 9.17) is 0 Å². The van der Waals surface area contributed by atoms with Crippen molar-refractivity contribution in [2.45, 2.75) is 44.8 Å². The van der Waals surface area contributed by atoms with Gasteiger partial charge in [-0.05, 0) is 32.6 Å². The van der Waals surface area contributed by atoms with Gasteiger partial charge in [-0.2, -0.15) is 0 Å². The lowest BCUT2D eigenvalue weighted by molar-refractivity contribution is 0.120. The zero-order chi connectivity index (χ0) is 11.8. The quantitative estimate of drug-likeness (QED) is 0.380. The molecule has 1 aliphatic carbocycles. The molecule has 0 atom stereocenters. The van der Waals surface area contributed by atoms with Gasteiger partial charge in [0.05, 0.1) is 12.6 Å². The molecule has 0 aromatic carbocycles. The summed E-state index contributed by atoms with van der Waals surface area (Å²) < 4.78 is 0. The molecule has 1 saturated carbocycles. The Balaban J connectivity index is 2.38. The minimum absolute atomic E-state index is 0.106. The number of aliphatic imine (C=N–C) groups is 1. The highest BCUT2D eigenvalue weighted by Gasteiger charge is 2.19. The molecule has 3 N–H and O–H groups in total. The number of nitrogens with one attached hydrogen (secondary N) is 2. The molecule has 0 unspecified atom stereocenters. The van der Waals surface area contributed by atoms with Crippen LogP contribution in [0.5, 0.6) is 0 Å². The van der Waals surface area contributed by atoms with Crippen molar-refractivity contribution in [1.29, 1.82) is 0 Å². The molecule has 0 bridgehead atoms. The zero-order valence-corrected chi connectivity index (χ0v) is 10.1. The van der Waals surface area contributed by atoms with Crippen LogP contribution in [0.1, 0.15) is 32.6 Å². The number of guanidine groups is 1. The smallest absolute Gasteiger partial charge is 0.191 e. The van der Waals surface area contributed by atoms with Crippen LogP contribution in [0.3, 0.4) is 0 Å². The average molecular weight is 225 g/mol. The van der Waals surface area contributed by atoms with Gasteiger partial charge >= 0.3 is 0 Å². The van der Waals surface area contributed by atoms with E-state index in [9.17, 15) is 5.11 Å². The van der Waals surface area contributed by atoms with E-state index in [1.807, 2.05) is 0 Å². The molecule has 0 saturated heterocycles. The van der Waals surface area contributed by atoms with Gasteiger partial charge in [0.15, 0.2) is 5.96 Å². The van der Waals surface area contributed by atoms with Crippen LogP contribution in [0.15, 0.2) is 17.6 Å². The van der Waals surface area contributed by atoms with Gasteiger partial charge in [0.2, 0.25) is 0 Å². The number of aliphatic hydroxyl groups is 1. The molecule has 4 heteroatoms. The largest absolute Gasteiger partial charge is 0.393 e. The summed E-state index contributed by atoms with van der Waals surface area (Å²) in [5.74, 6) is 0.851. The van der Waals surface area contributed by atoms with E-state index in [1.165, 1.54) is 0 Å². The summed E-state index contributed by atoms with van der Waals surface area (Å²) in [6.07, 6.45) is 5.48. The SMILES string of the molecule is C=CCN=C(NCC)NC1CCC(O)CC1. The van der Waals surface area contributed by atoms with E-state index in [-0.39, 0.29) is 6.10 Å². The monoisotopic (exact) mass is 225 g/mol. The van der Waals surface area contributed by atoms with Crippen molar-refractivity contribution in [1.82, 2.24) is 10.6 Å². The number of nitrogens with zero attached hydrogens (tertiary/aromatic N) is 1. The van der Waals surface area contributed by atoms with E-state index < -0.39 is 0 Å². The number of hydrogen-bond donors (Lipinski definition) is 3. The lowest BCUT2D eigenvalue weighted by Crippen LogP contribution is -2.45. The Kier molecular flexibility index (Phi) is 5.93. The standard InChI is InChI=1S/C12H23N3O/c1-3-9-14-12(13-4-2)15-10-5-7-11(16)8-6-10/h3,10-11,16H,1,4-9H2,2H3,(H2,13,14,15). The molecule has 0 aliphatic heterocycles. The molecule has 0 heterocycles. The Morgan fingerprint density at radius 1 is 1.44 bits per heavy atom. The van der Waals surface area contributed by atoms with Gasteiger partial charge in [-0.3, -0.25) is 0 Å². The Labute approximate surface area is 97.8 Å². The molecular weight excluding hydrogens is 202 g/mol. The first-order valence-electron chi connectivity index (χ1n) is 6.10. The predicted molar refractivity (Wildman–Crippen MR) is 67.6 cm³/mol. The lowest BCUT2D eigenvalue weighted by atomic mass is 9.93. The normalized spacial score (nSPS) is 26.2. The first-order valence-corrected chi connectivity index (χ1v) is 6.10. The summed E-state index contributed by atoms with van der Waals surface area (Å²) >= 11 is 0. The number of hydrogen-bond acceptors (Lipinski definition) is 2. The predicted octanol–water partition coefficient (Wildman–Crippen LogP) is 1.03. The van der Waals surface area contributed by atoms with Crippen molar-refractivity contribution in [3.8, 4) is 0 Å². The molecule has 0 amide bonds. The van der Waals surface area contributed by atoms with Crippen molar-refractivity contribution in [2.75, 3.05) is 13.1 Å². The van der Waals surface area contributed by atoms with Crippen LogP contribution in [0.2, 0.25) is 0 Å². The maximum atomic E-state index is 9.42. The third kappa shape index (κ3) is 4.66. The molecule has 4 nitrogen and oxygen atoms in total. The third-order valence-electron chi connectivity index (χ3n) is 2.76. The van der Waals surface area contributed by atoms with Crippen molar-refractivity contribution in [2.24, 2.45) is 4.99 Å². The number of rotatable bonds is 4. The summed E-state index contributed by atoms with van der Waals surface area (Å²) in [5, 5.41) is 16.0. The fraction of sp³-hybridized carbons (Fsp3) is 0.750. The van der Waals surface area contributed by atoms with Crippen molar-refractivity contribution in [3.63, 3.8) is 0 Å². The Morgan fingerprint density at radius 3 is 2.69 bits per heavy atom. The maximum absolute atomic E-state index is 9.42. The van der Waals surface area contributed by atoms with Gasteiger partial charge in [0.25, 0.3) is 0 Å². The Morgan fingerprint density at radius 2 is 2.12 bits per heavy atom. The molecule has 16 heavy (non-hydrogen) atoms. The summed E-state index contributed by atoms with van der Waals surface area (Å²) in [7, 11) is 0. The van der Waals surface area contributed by atoms with Crippen LogP contribution in [0, 0.1) is 0 Å².